The number of aliphatic hydroxyl groups excluding tert-OH is 1. The number of primary amides is 1. The standard InChI is InChI=1S/C50H70N12O15S/c1-25(2)16-31(51)42(68)56-33(17-28-10-12-30(64)13-11-28)44(70)61-38(23-78)48(74)55-32(14-15-40(66)67)43(69)60-37(22-63)47(73)62-41(26(3)4)49(75)58-34(19-29-21-53-24-54-29)45(71)57-35(20-39(52)65)46(72)59-36(50(76)77)18-27-8-6-5-7-9-27/h5-13,21,24-26,31-38,41,63-64,78H,14-20,22-23,51H2,1-4H3,(H2,52,65)(H,53,54)(H,55,74)(H,56,68)(H,57,71)(H,58,75)(H,59,72)(H,60,69)(H,61,70)(H,62,73)(H,66,67)(H,76,77)/t31-,32-,33-,34-,35-,36-,37-,38-,41-/m0/s1. The molecule has 27 nitrogen and oxygen atoms in total. The van der Waals surface area contributed by atoms with Crippen LogP contribution >= 0.6 is 12.6 Å². The molecule has 0 saturated heterocycles. The highest BCUT2D eigenvalue weighted by Crippen LogP contribution is 2.14. The summed E-state index contributed by atoms with van der Waals surface area (Å²) in [5, 5.41) is 58.6. The fourth-order valence-corrected chi connectivity index (χ4v) is 7.85. The van der Waals surface area contributed by atoms with Crippen LogP contribution in [-0.2, 0) is 72.0 Å². The second kappa shape index (κ2) is 31.8. The molecule has 3 rings (SSSR count). The zero-order chi connectivity index (χ0) is 58.2. The minimum Gasteiger partial charge on any atom is -0.508 e. The number of carbonyl (C=O) groups excluding carboxylic acids is 9. The Morgan fingerprint density at radius 1 is 0.603 bits per heavy atom. The van der Waals surface area contributed by atoms with Gasteiger partial charge >= 0.3 is 11.9 Å². The lowest BCUT2D eigenvalue weighted by molar-refractivity contribution is -0.142. The van der Waals surface area contributed by atoms with Crippen molar-refractivity contribution in [1.82, 2.24) is 52.5 Å². The number of benzene rings is 2. The molecule has 3 aromatic rings. The predicted molar refractivity (Wildman–Crippen MR) is 281 cm³/mol. The largest absolute Gasteiger partial charge is 0.508 e. The number of rotatable bonds is 33. The van der Waals surface area contributed by atoms with Crippen LogP contribution < -0.4 is 54.0 Å². The number of phenolic OH excluding ortho intramolecular Hbond substituents is 1. The maximum atomic E-state index is 14.0. The zero-order valence-electron chi connectivity index (χ0n) is 43.4. The Bertz CT molecular complexity index is 2540. The van der Waals surface area contributed by atoms with E-state index in [-0.39, 0.29) is 43.1 Å². The number of aromatic hydroxyl groups is 1. The van der Waals surface area contributed by atoms with Gasteiger partial charge in [-0.05, 0) is 47.9 Å². The van der Waals surface area contributed by atoms with E-state index in [9.17, 15) is 73.2 Å². The van der Waals surface area contributed by atoms with Crippen LogP contribution in [0.25, 0.3) is 0 Å². The zero-order valence-corrected chi connectivity index (χ0v) is 44.3. The Hall–Kier alpha value is -8.11. The van der Waals surface area contributed by atoms with Gasteiger partial charge in [-0.2, -0.15) is 12.6 Å². The third kappa shape index (κ3) is 21.9. The number of aromatic amines is 1. The molecule has 0 unspecified atom stereocenters. The van der Waals surface area contributed by atoms with Crippen molar-refractivity contribution in [2.75, 3.05) is 12.4 Å². The molecule has 9 amide bonds. The van der Waals surface area contributed by atoms with Gasteiger partial charge in [0.05, 0.1) is 25.4 Å². The van der Waals surface area contributed by atoms with E-state index in [1.165, 1.54) is 50.6 Å². The highest BCUT2D eigenvalue weighted by molar-refractivity contribution is 7.80. The third-order valence-electron chi connectivity index (χ3n) is 11.8. The number of thiol groups is 1. The van der Waals surface area contributed by atoms with Crippen LogP contribution in [0.15, 0.2) is 67.1 Å². The molecule has 17 N–H and O–H groups in total. The Labute approximate surface area is 454 Å². The number of nitrogens with one attached hydrogen (secondary N) is 9. The summed E-state index contributed by atoms with van der Waals surface area (Å²) >= 11 is 4.19. The molecule has 0 radical (unpaired) electrons. The Morgan fingerprint density at radius 2 is 1.09 bits per heavy atom. The maximum absolute atomic E-state index is 14.0. The molecule has 9 atom stereocenters. The second-order valence-corrected chi connectivity index (χ2v) is 19.4. The van der Waals surface area contributed by atoms with E-state index in [1.807, 2.05) is 13.8 Å². The Morgan fingerprint density at radius 3 is 1.63 bits per heavy atom. The van der Waals surface area contributed by atoms with E-state index in [4.69, 9.17) is 11.5 Å². The molecule has 1 aromatic heterocycles. The van der Waals surface area contributed by atoms with E-state index in [0.29, 0.717) is 16.8 Å². The number of hydrogen-bond donors (Lipinski definition) is 16. The summed E-state index contributed by atoms with van der Waals surface area (Å²) in [5.74, 6) is -13.1. The molecule has 78 heavy (non-hydrogen) atoms. The van der Waals surface area contributed by atoms with Crippen LogP contribution in [0.5, 0.6) is 5.75 Å². The van der Waals surface area contributed by atoms with Gasteiger partial charge in [0.1, 0.15) is 54.1 Å². The van der Waals surface area contributed by atoms with Crippen LogP contribution in [0.1, 0.15) is 70.2 Å². The summed E-state index contributed by atoms with van der Waals surface area (Å²) in [7, 11) is 0. The third-order valence-corrected chi connectivity index (χ3v) is 12.1. The van der Waals surface area contributed by atoms with Crippen LogP contribution in [0.4, 0.5) is 0 Å². The smallest absolute Gasteiger partial charge is 0.326 e. The summed E-state index contributed by atoms with van der Waals surface area (Å²) in [6.45, 7) is 5.60. The van der Waals surface area contributed by atoms with Gasteiger partial charge in [0.2, 0.25) is 53.2 Å². The number of aliphatic hydroxyl groups is 1. The monoisotopic (exact) mass is 1110 g/mol. The van der Waals surface area contributed by atoms with Gasteiger partial charge in [0.15, 0.2) is 0 Å². The first-order chi connectivity index (χ1) is 36.8. The van der Waals surface area contributed by atoms with Crippen molar-refractivity contribution in [1.29, 1.82) is 0 Å². The first-order valence-corrected chi connectivity index (χ1v) is 25.4. The van der Waals surface area contributed by atoms with Crippen molar-refractivity contribution in [2.24, 2.45) is 23.3 Å². The summed E-state index contributed by atoms with van der Waals surface area (Å²) < 4.78 is 0. The highest BCUT2D eigenvalue weighted by atomic mass is 32.1. The molecule has 0 saturated carbocycles. The van der Waals surface area contributed by atoms with Gasteiger partial charge in [-0.1, -0.05) is 70.2 Å². The second-order valence-electron chi connectivity index (χ2n) is 19.0. The van der Waals surface area contributed by atoms with Crippen molar-refractivity contribution in [3.63, 3.8) is 0 Å². The van der Waals surface area contributed by atoms with Gasteiger partial charge in [0.25, 0.3) is 0 Å². The molecule has 2 aromatic carbocycles. The molecular weight excluding hydrogens is 1040 g/mol. The van der Waals surface area contributed by atoms with Gasteiger partial charge in [-0.25, -0.2) is 9.78 Å². The molecule has 426 valence electrons. The van der Waals surface area contributed by atoms with Crippen molar-refractivity contribution in [3.8, 4) is 5.75 Å². The Kier molecular flexibility index (Phi) is 26.2. The quantitative estimate of drug-likeness (QED) is 0.0267. The minimum absolute atomic E-state index is 0.0285. The van der Waals surface area contributed by atoms with Crippen LogP contribution in [0.2, 0.25) is 0 Å². The molecule has 28 heteroatoms. The molecule has 0 aliphatic carbocycles. The van der Waals surface area contributed by atoms with E-state index in [0.717, 1.165) is 0 Å². The number of phenols is 1. The molecule has 0 fully saturated rings. The molecule has 0 aliphatic rings. The van der Waals surface area contributed by atoms with Crippen molar-refractivity contribution in [2.45, 2.75) is 127 Å². The fourth-order valence-electron chi connectivity index (χ4n) is 7.59. The lowest BCUT2D eigenvalue weighted by Gasteiger charge is -2.28. The number of carboxylic acid groups (broad SMARTS) is 2. The van der Waals surface area contributed by atoms with E-state index < -0.39 is 151 Å². The topological polar surface area (TPSA) is 446 Å². The maximum Gasteiger partial charge on any atom is 0.326 e. The number of aromatic nitrogens is 2. The first kappa shape index (κ1) is 64.2. The average Bonchev–Trinajstić information content (AvgIpc) is 3.90. The van der Waals surface area contributed by atoms with Crippen LogP contribution in [-0.4, -0.2) is 162 Å². The number of H-pyrrole nitrogens is 1. The lowest BCUT2D eigenvalue weighted by atomic mass is 10.0. The van der Waals surface area contributed by atoms with Crippen LogP contribution in [0, 0.1) is 11.8 Å². The van der Waals surface area contributed by atoms with Gasteiger partial charge in [0, 0.05) is 43.3 Å². The molecule has 0 aliphatic heterocycles. The van der Waals surface area contributed by atoms with Gasteiger partial charge < -0.3 is 79.4 Å². The number of nitrogens with zero attached hydrogens (tertiary/aromatic N) is 1. The number of hydrogen-bond acceptors (Lipinski definition) is 16. The summed E-state index contributed by atoms with van der Waals surface area (Å²) in [6.07, 6.45) is 0.236. The number of carbonyl (C=O) groups is 11. The summed E-state index contributed by atoms with van der Waals surface area (Å²) in [6, 6.07) is 0.331. The average molecular weight is 1110 g/mol. The predicted octanol–water partition coefficient (Wildman–Crippen LogP) is -3.20. The minimum atomic E-state index is -1.85. The van der Waals surface area contributed by atoms with Gasteiger partial charge in [-0.3, -0.25) is 47.9 Å². The van der Waals surface area contributed by atoms with Crippen molar-refractivity contribution < 1.29 is 73.2 Å². The fraction of sp³-hybridized carbons (Fsp3) is 0.480. The SMILES string of the molecule is CC(C)C[C@H](N)C(=O)N[C@@H](Cc1ccc(O)cc1)C(=O)N[C@@H](CS)C(=O)N[C@@H](CCC(=O)O)C(=O)N[C@@H](CO)C(=O)N[C@H](C(=O)N[C@@H](Cc1cnc[nH]1)C(=O)N[C@@H](CC(N)=O)C(=O)N[C@@H](Cc1ccccc1)C(=O)O)C(C)C. The van der Waals surface area contributed by atoms with E-state index >= 15 is 0 Å². The number of imidazole rings is 1. The van der Waals surface area contributed by atoms with E-state index in [1.54, 1.807) is 30.3 Å². The lowest BCUT2D eigenvalue weighted by Crippen LogP contribution is -2.62. The van der Waals surface area contributed by atoms with Gasteiger partial charge in [-0.15, -0.1) is 0 Å². The Balaban J connectivity index is 1.80. The number of nitrogens with two attached hydrogens (primary N) is 2. The normalized spacial score (nSPS) is 14.6. The first-order valence-electron chi connectivity index (χ1n) is 24.7. The highest BCUT2D eigenvalue weighted by Gasteiger charge is 2.36. The number of carboxylic acids is 2. The summed E-state index contributed by atoms with van der Waals surface area (Å²) in [4.78, 5) is 152. The van der Waals surface area contributed by atoms with Crippen molar-refractivity contribution in [3.05, 3.63) is 83.9 Å². The number of aliphatic carboxylic acids is 2. The molecular formula is C50H70N12O15S. The van der Waals surface area contributed by atoms with Crippen LogP contribution in [0.3, 0.4) is 0 Å². The molecule has 0 bridgehead atoms. The molecule has 0 spiro atoms. The van der Waals surface area contributed by atoms with Crippen molar-refractivity contribution >= 4 is 77.7 Å². The summed E-state index contributed by atoms with van der Waals surface area (Å²) in [5.41, 5.74) is 12.8. The van der Waals surface area contributed by atoms with E-state index in [2.05, 4.69) is 65.1 Å². The number of amides is 9. The molecule has 1 heterocycles.